The van der Waals surface area contributed by atoms with Gasteiger partial charge in [0.05, 0.1) is 26.3 Å². The van der Waals surface area contributed by atoms with Crippen molar-refractivity contribution in [2.75, 3.05) is 26.3 Å². The van der Waals surface area contributed by atoms with Crippen molar-refractivity contribution in [3.8, 4) is 11.5 Å². The molecule has 2 aliphatic rings. The van der Waals surface area contributed by atoms with E-state index in [1.807, 2.05) is 5.87 Å². The number of ether oxygens (including phenoxy) is 2. The number of halogens is 1. The topological polar surface area (TPSA) is 101 Å². The van der Waals surface area contributed by atoms with Crippen molar-refractivity contribution < 1.29 is 24.3 Å². The minimum atomic E-state index is -0.507. The number of fused-ring (bicyclic) bond motifs is 1. The summed E-state index contributed by atoms with van der Waals surface area (Å²) in [6, 6.07) is 10.3. The van der Waals surface area contributed by atoms with E-state index in [4.69, 9.17) is 14.9 Å². The average Bonchev–Trinajstić information content (AvgIpc) is 2.69. The largest absolute Gasteiger partial charge is 0.763 e. The molecule has 6 nitrogen and oxygen atoms in total. The first-order chi connectivity index (χ1) is 13.1. The lowest BCUT2D eigenvalue weighted by Gasteiger charge is -2.28. The van der Waals surface area contributed by atoms with Crippen molar-refractivity contribution in [2.45, 2.75) is 5.92 Å². The van der Waals surface area contributed by atoms with Gasteiger partial charge < -0.3 is 25.3 Å². The van der Waals surface area contributed by atoms with Crippen LogP contribution in [0, 0.1) is 11.2 Å². The Morgan fingerprint density at radius 2 is 1.85 bits per heavy atom. The molecule has 0 aromatic heterocycles. The molecule has 1 fully saturated rings. The minimum Gasteiger partial charge on any atom is -0.763 e. The Bertz CT molecular complexity index is 861. The fourth-order valence-electron chi connectivity index (χ4n) is 3.00. The molecule has 1 unspecified atom stereocenters. The van der Waals surface area contributed by atoms with Gasteiger partial charge in [-0.05, 0) is 23.8 Å². The molecule has 2 aromatic rings. The molecule has 2 heterocycles. The van der Waals surface area contributed by atoms with Crippen LogP contribution in [0.3, 0.4) is 0 Å². The Hall–Kier alpha value is -2.99. The minimum absolute atomic E-state index is 0.0137. The SMILES string of the molecule is C1COCC[NH2+]1.[N-]=C=C1C(=N)Oc2cc(O)ccc2C1c1ccc(F)cc1. The van der Waals surface area contributed by atoms with Gasteiger partial charge in [-0.15, -0.1) is 0 Å². The van der Waals surface area contributed by atoms with E-state index >= 15 is 0 Å². The molecule has 4 N–H and O–H groups in total. The Balaban J connectivity index is 0.000000299. The number of nitrogens with two attached hydrogens (primary N) is 1. The molecular formula is C20H20FN3O3. The van der Waals surface area contributed by atoms with Crippen LogP contribution in [-0.4, -0.2) is 43.2 Å². The van der Waals surface area contributed by atoms with E-state index < -0.39 is 5.92 Å². The van der Waals surface area contributed by atoms with E-state index in [2.05, 4.69) is 5.32 Å². The molecule has 0 bridgehead atoms. The van der Waals surface area contributed by atoms with Crippen LogP contribution < -0.4 is 10.1 Å². The van der Waals surface area contributed by atoms with Crippen LogP contribution in [0.15, 0.2) is 48.0 Å². The van der Waals surface area contributed by atoms with Crippen LogP contribution in [0.25, 0.3) is 5.41 Å². The van der Waals surface area contributed by atoms with Crippen LogP contribution in [0.2, 0.25) is 0 Å². The number of hydrogen-bond donors (Lipinski definition) is 3. The van der Waals surface area contributed by atoms with Crippen LogP contribution in [0.4, 0.5) is 4.39 Å². The summed E-state index contributed by atoms with van der Waals surface area (Å²) in [6.45, 7) is 4.19. The Morgan fingerprint density at radius 3 is 2.41 bits per heavy atom. The van der Waals surface area contributed by atoms with Gasteiger partial charge in [0.15, 0.2) is 0 Å². The molecule has 0 amide bonds. The number of phenolic OH excluding ortho intramolecular Hbond substituents is 1. The molecule has 1 atom stereocenters. The molecule has 0 aliphatic carbocycles. The molecule has 7 heteroatoms. The number of benzene rings is 2. The molecule has 2 aliphatic heterocycles. The van der Waals surface area contributed by atoms with Crippen LogP contribution >= 0.6 is 0 Å². The van der Waals surface area contributed by atoms with E-state index in [9.17, 15) is 14.9 Å². The summed E-state index contributed by atoms with van der Waals surface area (Å²) in [6.07, 6.45) is 0. The van der Waals surface area contributed by atoms with Crippen molar-refractivity contribution >= 4 is 11.8 Å². The third-order valence-electron chi connectivity index (χ3n) is 4.31. The Kier molecular flexibility index (Phi) is 5.98. The Labute approximate surface area is 156 Å². The fourth-order valence-corrected chi connectivity index (χ4v) is 3.00. The zero-order chi connectivity index (χ0) is 19.2. The third-order valence-corrected chi connectivity index (χ3v) is 4.31. The number of phenols is 1. The average molecular weight is 369 g/mol. The highest BCUT2D eigenvalue weighted by atomic mass is 19.1. The smallest absolute Gasteiger partial charge is 0.222 e. The van der Waals surface area contributed by atoms with E-state index in [1.54, 1.807) is 18.2 Å². The quantitative estimate of drug-likeness (QED) is 0.668. The van der Waals surface area contributed by atoms with Gasteiger partial charge in [0.25, 0.3) is 0 Å². The molecule has 1 saturated heterocycles. The van der Waals surface area contributed by atoms with Gasteiger partial charge in [-0.1, -0.05) is 18.2 Å². The highest BCUT2D eigenvalue weighted by Gasteiger charge is 2.30. The van der Waals surface area contributed by atoms with Crippen LogP contribution in [0.1, 0.15) is 17.0 Å². The van der Waals surface area contributed by atoms with Gasteiger partial charge in [0, 0.05) is 23.1 Å². The normalized spacial score (nSPS) is 18.5. The summed E-state index contributed by atoms with van der Waals surface area (Å²) in [7, 11) is 0. The van der Waals surface area contributed by atoms with Crippen molar-refractivity contribution in [2.24, 2.45) is 0 Å². The molecule has 4 rings (SSSR count). The number of aromatic hydroxyl groups is 1. The van der Waals surface area contributed by atoms with Crippen molar-refractivity contribution in [1.29, 1.82) is 5.41 Å². The second-order valence-electron chi connectivity index (χ2n) is 6.14. The van der Waals surface area contributed by atoms with E-state index in [0.717, 1.165) is 26.3 Å². The number of nitrogens with zero attached hydrogens (tertiary/aromatic N) is 1. The van der Waals surface area contributed by atoms with E-state index in [1.165, 1.54) is 24.3 Å². The first kappa shape index (κ1) is 18.8. The van der Waals surface area contributed by atoms with E-state index in [-0.39, 0.29) is 23.0 Å². The standard InChI is InChI=1S/C16H10FN2O2.C4H9NO/c17-10-3-1-9(2-4-10)15-12-6-5-11(20)7-14(12)21-16(19)13(15)8-18;1-3-6-4-2-5-1/h1-7,15,19-20H;5H,1-4H2/q-1;/p+1. The lowest BCUT2D eigenvalue weighted by molar-refractivity contribution is -0.670. The van der Waals surface area contributed by atoms with Crippen molar-refractivity contribution in [1.82, 2.24) is 0 Å². The molecule has 27 heavy (non-hydrogen) atoms. The van der Waals surface area contributed by atoms with Crippen molar-refractivity contribution in [3.05, 3.63) is 70.4 Å². The molecule has 2 aromatic carbocycles. The first-order valence-electron chi connectivity index (χ1n) is 8.61. The van der Waals surface area contributed by atoms with Gasteiger partial charge in [-0.2, -0.15) is 0 Å². The zero-order valence-corrected chi connectivity index (χ0v) is 14.6. The second-order valence-corrected chi connectivity index (χ2v) is 6.14. The van der Waals surface area contributed by atoms with Crippen LogP contribution in [0.5, 0.6) is 11.5 Å². The summed E-state index contributed by atoms with van der Waals surface area (Å²) in [5.74, 6) is 1.19. The maximum atomic E-state index is 13.1. The lowest BCUT2D eigenvalue weighted by atomic mass is 9.83. The number of nitrogens with one attached hydrogen (secondary N) is 1. The molecule has 0 saturated carbocycles. The highest BCUT2D eigenvalue weighted by molar-refractivity contribution is 6.05. The van der Waals surface area contributed by atoms with Gasteiger partial charge in [0.1, 0.15) is 17.3 Å². The van der Waals surface area contributed by atoms with Crippen molar-refractivity contribution in [3.63, 3.8) is 0 Å². The molecule has 0 spiro atoms. The molecular weight excluding hydrogens is 349 g/mol. The maximum Gasteiger partial charge on any atom is 0.222 e. The number of hydrogen-bond acceptors (Lipinski definition) is 4. The van der Waals surface area contributed by atoms with Gasteiger partial charge in [0.2, 0.25) is 5.90 Å². The third kappa shape index (κ3) is 4.41. The van der Waals surface area contributed by atoms with E-state index in [0.29, 0.717) is 16.9 Å². The fraction of sp³-hybridized carbons (Fsp3) is 0.250. The first-order valence-corrected chi connectivity index (χ1v) is 8.61. The van der Waals surface area contributed by atoms with Gasteiger partial charge in [-0.25, -0.2) is 4.39 Å². The second kappa shape index (κ2) is 8.60. The molecule has 140 valence electrons. The van der Waals surface area contributed by atoms with Crippen LogP contribution in [-0.2, 0) is 4.74 Å². The predicted octanol–water partition coefficient (Wildman–Crippen LogP) is 1.78. The summed E-state index contributed by atoms with van der Waals surface area (Å²) in [5, 5.41) is 28.9. The Morgan fingerprint density at radius 1 is 1.15 bits per heavy atom. The van der Waals surface area contributed by atoms with Gasteiger partial charge >= 0.3 is 0 Å². The number of quaternary nitrogens is 1. The lowest BCUT2D eigenvalue weighted by Crippen LogP contribution is -2.87. The van der Waals surface area contributed by atoms with Gasteiger partial charge in [-0.3, -0.25) is 11.3 Å². The highest BCUT2D eigenvalue weighted by Crippen LogP contribution is 2.42. The monoisotopic (exact) mass is 369 g/mol. The maximum absolute atomic E-state index is 13.1. The molecule has 0 radical (unpaired) electrons. The summed E-state index contributed by atoms with van der Waals surface area (Å²) < 4.78 is 23.4. The summed E-state index contributed by atoms with van der Waals surface area (Å²) in [4.78, 5) is 0. The summed E-state index contributed by atoms with van der Waals surface area (Å²) in [5.41, 5.74) is 1.50. The number of morpholine rings is 1. The number of rotatable bonds is 1. The zero-order valence-electron chi connectivity index (χ0n) is 14.6. The predicted molar refractivity (Wildman–Crippen MR) is 99.1 cm³/mol. The summed E-state index contributed by atoms with van der Waals surface area (Å²) >= 11 is 0.